The first-order chi connectivity index (χ1) is 8.26. The van der Waals surface area contributed by atoms with Crippen molar-refractivity contribution in [2.24, 2.45) is 0 Å². The molecule has 0 aliphatic heterocycles. The molecule has 0 saturated heterocycles. The fourth-order valence-electron chi connectivity index (χ4n) is 1.62. The van der Waals surface area contributed by atoms with E-state index < -0.39 is 0 Å². The lowest BCUT2D eigenvalue weighted by atomic mass is 10.2. The van der Waals surface area contributed by atoms with Crippen molar-refractivity contribution in [1.29, 1.82) is 0 Å². The summed E-state index contributed by atoms with van der Waals surface area (Å²) >= 11 is 7.20. The number of hydrogen-bond acceptors (Lipinski definition) is 4. The number of furan rings is 1. The van der Waals surface area contributed by atoms with Crippen LogP contribution in [0.5, 0.6) is 5.75 Å². The van der Waals surface area contributed by atoms with Gasteiger partial charge in [0, 0.05) is 10.8 Å². The lowest BCUT2D eigenvalue weighted by Gasteiger charge is -1.89. The third-order valence-electron chi connectivity index (χ3n) is 2.40. The zero-order valence-electron chi connectivity index (χ0n) is 8.68. The Bertz CT molecular complexity index is 674. The smallest absolute Gasteiger partial charge is 0.164 e. The van der Waals surface area contributed by atoms with Crippen LogP contribution in [0, 0.1) is 0 Å². The third-order valence-corrected chi connectivity index (χ3v) is 3.58. The highest BCUT2D eigenvalue weighted by molar-refractivity contribution is 7.13. The summed E-state index contributed by atoms with van der Waals surface area (Å²) in [4.78, 5) is 4.35. The van der Waals surface area contributed by atoms with E-state index in [-0.39, 0.29) is 5.75 Å². The first kappa shape index (κ1) is 10.6. The normalized spacial score (nSPS) is 11.1. The van der Waals surface area contributed by atoms with Crippen LogP contribution in [0.15, 0.2) is 34.1 Å². The first-order valence-electron chi connectivity index (χ1n) is 4.99. The van der Waals surface area contributed by atoms with Gasteiger partial charge in [0.1, 0.15) is 11.3 Å². The fraction of sp³-hybridized carbons (Fsp3) is 0.0833. The van der Waals surface area contributed by atoms with Crippen molar-refractivity contribution in [2.45, 2.75) is 5.88 Å². The van der Waals surface area contributed by atoms with Gasteiger partial charge in [-0.2, -0.15) is 0 Å². The molecule has 0 fully saturated rings. The molecular formula is C12H8ClNO2S. The zero-order chi connectivity index (χ0) is 11.8. The standard InChI is InChI=1S/C12H8ClNO2S/c13-5-8-6-17-12(14-8)11-4-7-3-9(15)1-2-10(7)16-11/h1-4,6,15H,5H2. The van der Waals surface area contributed by atoms with Gasteiger partial charge in [0.05, 0.1) is 11.6 Å². The Labute approximate surface area is 106 Å². The monoisotopic (exact) mass is 265 g/mol. The van der Waals surface area contributed by atoms with E-state index >= 15 is 0 Å². The van der Waals surface area contributed by atoms with Crippen LogP contribution < -0.4 is 0 Å². The Hall–Kier alpha value is -1.52. The number of aromatic nitrogens is 1. The van der Waals surface area contributed by atoms with Gasteiger partial charge in [-0.3, -0.25) is 0 Å². The molecule has 1 aromatic carbocycles. The van der Waals surface area contributed by atoms with Gasteiger partial charge in [-0.05, 0) is 24.3 Å². The number of aromatic hydroxyl groups is 1. The van der Waals surface area contributed by atoms with Crippen LogP contribution in [0.25, 0.3) is 21.7 Å². The Kier molecular flexibility index (Phi) is 2.53. The summed E-state index contributed by atoms with van der Waals surface area (Å²) in [6.07, 6.45) is 0. The van der Waals surface area contributed by atoms with Crippen molar-refractivity contribution in [3.05, 3.63) is 35.3 Å². The highest BCUT2D eigenvalue weighted by atomic mass is 35.5. The summed E-state index contributed by atoms with van der Waals surface area (Å²) in [5, 5.41) is 13.0. The van der Waals surface area contributed by atoms with Crippen molar-refractivity contribution in [1.82, 2.24) is 4.98 Å². The minimum absolute atomic E-state index is 0.227. The molecule has 0 radical (unpaired) electrons. The first-order valence-corrected chi connectivity index (χ1v) is 6.41. The third kappa shape index (κ3) is 1.90. The average molecular weight is 266 g/mol. The van der Waals surface area contributed by atoms with Gasteiger partial charge >= 0.3 is 0 Å². The number of fused-ring (bicyclic) bond motifs is 1. The van der Waals surface area contributed by atoms with Crippen LogP contribution in [0.1, 0.15) is 5.69 Å². The number of halogens is 1. The number of rotatable bonds is 2. The summed E-state index contributed by atoms with van der Waals surface area (Å²) in [7, 11) is 0. The quantitative estimate of drug-likeness (QED) is 0.713. The summed E-state index contributed by atoms with van der Waals surface area (Å²) in [5.41, 5.74) is 1.58. The molecule has 3 nitrogen and oxygen atoms in total. The van der Waals surface area contributed by atoms with Crippen molar-refractivity contribution in [2.75, 3.05) is 0 Å². The van der Waals surface area contributed by atoms with Crippen LogP contribution in [0.3, 0.4) is 0 Å². The molecule has 1 N–H and O–H groups in total. The second-order valence-electron chi connectivity index (χ2n) is 3.61. The predicted molar refractivity (Wildman–Crippen MR) is 68.5 cm³/mol. The number of hydrogen-bond donors (Lipinski definition) is 1. The van der Waals surface area contributed by atoms with Crippen molar-refractivity contribution < 1.29 is 9.52 Å². The Morgan fingerprint density at radius 1 is 1.35 bits per heavy atom. The minimum Gasteiger partial charge on any atom is -0.508 e. The second kappa shape index (κ2) is 4.05. The van der Waals surface area contributed by atoms with E-state index in [2.05, 4.69) is 4.98 Å². The zero-order valence-corrected chi connectivity index (χ0v) is 10.3. The Morgan fingerprint density at radius 2 is 2.24 bits per heavy atom. The molecule has 0 aliphatic rings. The topological polar surface area (TPSA) is 46.3 Å². The van der Waals surface area contributed by atoms with Gasteiger partial charge in [0.15, 0.2) is 10.8 Å². The summed E-state index contributed by atoms with van der Waals surface area (Å²) < 4.78 is 5.66. The van der Waals surface area contributed by atoms with Gasteiger partial charge in [0.2, 0.25) is 0 Å². The van der Waals surface area contributed by atoms with Crippen LogP contribution in [0.2, 0.25) is 0 Å². The maximum atomic E-state index is 9.38. The molecule has 3 aromatic rings. The number of alkyl halides is 1. The molecule has 0 bridgehead atoms. The van der Waals surface area contributed by atoms with Crippen molar-refractivity contribution >= 4 is 33.9 Å². The molecule has 5 heteroatoms. The Balaban J connectivity index is 2.11. The van der Waals surface area contributed by atoms with Crippen LogP contribution in [0.4, 0.5) is 0 Å². The van der Waals surface area contributed by atoms with E-state index in [4.69, 9.17) is 16.0 Å². The molecule has 0 spiro atoms. The fourth-order valence-corrected chi connectivity index (χ4v) is 2.62. The lowest BCUT2D eigenvalue weighted by Crippen LogP contribution is -1.76. The summed E-state index contributed by atoms with van der Waals surface area (Å²) in [6, 6.07) is 6.87. The lowest BCUT2D eigenvalue weighted by molar-refractivity contribution is 0.476. The van der Waals surface area contributed by atoms with Crippen molar-refractivity contribution in [3.8, 4) is 16.5 Å². The molecule has 0 unspecified atom stereocenters. The van der Waals surface area contributed by atoms with E-state index in [0.29, 0.717) is 11.6 Å². The van der Waals surface area contributed by atoms with Crippen LogP contribution in [-0.4, -0.2) is 10.1 Å². The van der Waals surface area contributed by atoms with E-state index in [1.807, 2.05) is 11.4 Å². The molecular weight excluding hydrogens is 258 g/mol. The van der Waals surface area contributed by atoms with E-state index in [9.17, 15) is 5.11 Å². The molecule has 2 aromatic heterocycles. The highest BCUT2D eigenvalue weighted by Crippen LogP contribution is 2.31. The van der Waals surface area contributed by atoms with Gasteiger partial charge in [0.25, 0.3) is 0 Å². The van der Waals surface area contributed by atoms with Gasteiger partial charge in [-0.1, -0.05) is 0 Å². The molecule has 2 heterocycles. The van der Waals surface area contributed by atoms with Crippen LogP contribution >= 0.6 is 22.9 Å². The second-order valence-corrected chi connectivity index (χ2v) is 4.74. The number of thiazole rings is 1. The van der Waals surface area contributed by atoms with Gasteiger partial charge in [-0.15, -0.1) is 22.9 Å². The minimum atomic E-state index is 0.227. The highest BCUT2D eigenvalue weighted by Gasteiger charge is 2.10. The average Bonchev–Trinajstić information content (AvgIpc) is 2.93. The molecule has 0 atom stereocenters. The van der Waals surface area contributed by atoms with Gasteiger partial charge < -0.3 is 9.52 Å². The van der Waals surface area contributed by atoms with E-state index in [1.165, 1.54) is 11.3 Å². The maximum absolute atomic E-state index is 9.38. The van der Waals surface area contributed by atoms with Gasteiger partial charge in [-0.25, -0.2) is 4.98 Å². The van der Waals surface area contributed by atoms with Crippen LogP contribution in [-0.2, 0) is 5.88 Å². The van der Waals surface area contributed by atoms with E-state index in [1.54, 1.807) is 18.2 Å². The molecule has 86 valence electrons. The Morgan fingerprint density at radius 3 is 3.00 bits per heavy atom. The SMILES string of the molecule is Oc1ccc2oc(-c3nc(CCl)cs3)cc2c1. The van der Waals surface area contributed by atoms with Crippen molar-refractivity contribution in [3.63, 3.8) is 0 Å². The summed E-state index contributed by atoms with van der Waals surface area (Å²) in [5.74, 6) is 1.33. The molecule has 3 rings (SSSR count). The largest absolute Gasteiger partial charge is 0.508 e. The summed E-state index contributed by atoms with van der Waals surface area (Å²) in [6.45, 7) is 0. The number of phenolic OH excluding ortho intramolecular Hbond substituents is 1. The number of nitrogens with zero attached hydrogens (tertiary/aromatic N) is 1. The van der Waals surface area contributed by atoms with E-state index in [0.717, 1.165) is 21.7 Å². The predicted octanol–water partition coefficient (Wildman–Crippen LogP) is 4.00. The maximum Gasteiger partial charge on any atom is 0.164 e. The number of benzene rings is 1. The number of phenols is 1. The molecule has 0 amide bonds. The molecule has 17 heavy (non-hydrogen) atoms. The molecule has 0 saturated carbocycles. The molecule has 0 aliphatic carbocycles.